The van der Waals surface area contributed by atoms with Crippen LogP contribution >= 0.6 is 11.8 Å². The number of hydrogen-bond acceptors (Lipinski definition) is 8. The summed E-state index contributed by atoms with van der Waals surface area (Å²) >= 11 is 1.62. The fraction of sp³-hybridized carbons (Fsp3) is 0.486. The van der Waals surface area contributed by atoms with E-state index in [1.165, 1.54) is 0 Å². The number of thioether (sulfide) groups is 1. The number of aliphatic hydroxyl groups is 1. The molecule has 260 valence electrons. The van der Waals surface area contributed by atoms with E-state index in [-0.39, 0.29) is 61.2 Å². The summed E-state index contributed by atoms with van der Waals surface area (Å²) in [5.74, 6) is -1.54. The van der Waals surface area contributed by atoms with E-state index in [1.54, 1.807) is 43.3 Å². The molecule has 49 heavy (non-hydrogen) atoms. The van der Waals surface area contributed by atoms with Gasteiger partial charge in [0.1, 0.15) is 24.0 Å². The molecule has 0 saturated carbocycles. The van der Waals surface area contributed by atoms with Crippen LogP contribution in [0, 0.1) is 23.7 Å². The lowest BCUT2D eigenvalue weighted by Gasteiger charge is -2.42. The van der Waals surface area contributed by atoms with Crippen molar-refractivity contribution < 1.29 is 24.2 Å². The number of benzene rings is 2. The van der Waals surface area contributed by atoms with Gasteiger partial charge in [-0.3, -0.25) is 14.4 Å². The van der Waals surface area contributed by atoms with Gasteiger partial charge >= 0.3 is 0 Å². The third kappa shape index (κ3) is 5.72. The average molecular weight is 687 g/mol. The Morgan fingerprint density at radius 2 is 1.84 bits per heavy atom. The predicted octanol–water partition coefficient (Wildman–Crippen LogP) is 4.38. The fourth-order valence-corrected chi connectivity index (χ4v) is 10.6. The molecule has 2 aromatic carbocycles. The molecule has 1 N–H and O–H groups in total. The third-order valence-electron chi connectivity index (χ3n) is 10.4. The fourth-order valence-electron chi connectivity index (χ4n) is 8.25. The van der Waals surface area contributed by atoms with Crippen molar-refractivity contribution >= 4 is 46.2 Å². The third-order valence-corrected chi connectivity index (χ3v) is 12.5. The Morgan fingerprint density at radius 3 is 2.49 bits per heavy atom. The smallest absolute Gasteiger partial charge is 0.248 e. The molecular weight excluding hydrogens is 641 g/mol. The molecule has 0 aliphatic carbocycles. The van der Waals surface area contributed by atoms with E-state index < -0.39 is 28.7 Å². The van der Waals surface area contributed by atoms with Crippen LogP contribution in [0.4, 0.5) is 5.69 Å². The minimum Gasteiger partial charge on any atom is -0.494 e. The second-order valence-corrected chi connectivity index (χ2v) is 15.1. The normalized spacial score (nSPS) is 26.2. The number of anilines is 1. The van der Waals surface area contributed by atoms with Crippen molar-refractivity contribution in [2.75, 3.05) is 31.2 Å². The summed E-state index contributed by atoms with van der Waals surface area (Å²) in [5.41, 5.74) is 2.18. The molecule has 3 aliphatic rings. The van der Waals surface area contributed by atoms with Crippen molar-refractivity contribution in [3.05, 3.63) is 73.8 Å². The van der Waals surface area contributed by atoms with Crippen LogP contribution in [0.5, 0.6) is 5.75 Å². The average Bonchev–Trinajstić information content (AvgIpc) is 3.81. The largest absolute Gasteiger partial charge is 0.494 e. The van der Waals surface area contributed by atoms with Crippen LogP contribution in [0.15, 0.2) is 73.8 Å². The molecule has 12 heteroatoms. The van der Waals surface area contributed by atoms with Gasteiger partial charge in [-0.2, -0.15) is 0 Å². The molecule has 3 unspecified atom stereocenters. The van der Waals surface area contributed by atoms with Crippen LogP contribution in [0.2, 0.25) is 0 Å². The number of carbonyl (C=O) groups is 3. The summed E-state index contributed by atoms with van der Waals surface area (Å²) in [4.78, 5) is 49.7. The Morgan fingerprint density at radius 1 is 1.12 bits per heavy atom. The summed E-state index contributed by atoms with van der Waals surface area (Å²) in [5, 5.41) is 19.2. The first kappa shape index (κ1) is 34.7. The summed E-state index contributed by atoms with van der Waals surface area (Å²) in [6, 6.07) is 13.4. The lowest BCUT2D eigenvalue weighted by molar-refractivity contribution is -0.147. The molecule has 2 bridgehead atoms. The van der Waals surface area contributed by atoms with Gasteiger partial charge in [0.05, 0.1) is 41.4 Å². The molecule has 1 aromatic heterocycles. The number of amides is 3. The van der Waals surface area contributed by atoms with Gasteiger partial charge in [0.25, 0.3) is 0 Å². The quantitative estimate of drug-likeness (QED) is 0.248. The summed E-state index contributed by atoms with van der Waals surface area (Å²) in [6.07, 6.45) is 4.04. The molecule has 3 aliphatic heterocycles. The molecule has 6 rings (SSSR count). The molecule has 3 aromatic rings. The Balaban J connectivity index is 1.41. The first-order valence-electron chi connectivity index (χ1n) is 17.1. The van der Waals surface area contributed by atoms with Crippen LogP contribution in [-0.4, -0.2) is 96.0 Å². The maximum atomic E-state index is 15.1. The Labute approximate surface area is 291 Å². The van der Waals surface area contributed by atoms with Gasteiger partial charge < -0.3 is 24.5 Å². The van der Waals surface area contributed by atoms with E-state index in [2.05, 4.69) is 30.4 Å². The van der Waals surface area contributed by atoms with Gasteiger partial charge in [-0.15, -0.1) is 30.0 Å². The number of fused-ring (bicyclic) bond motifs is 2. The van der Waals surface area contributed by atoms with E-state index in [0.717, 1.165) is 5.52 Å². The molecular formula is C37H46N6O5S. The maximum Gasteiger partial charge on any atom is 0.248 e. The van der Waals surface area contributed by atoms with E-state index in [4.69, 9.17) is 4.74 Å². The zero-order chi connectivity index (χ0) is 35.0. The van der Waals surface area contributed by atoms with Crippen LogP contribution in [0.3, 0.4) is 0 Å². The number of aromatic nitrogens is 3. The lowest BCUT2D eigenvalue weighted by atomic mass is 9.65. The second kappa shape index (κ2) is 14.0. The number of hydrogen-bond donors (Lipinski definition) is 1. The van der Waals surface area contributed by atoms with Gasteiger partial charge in [-0.25, -0.2) is 4.68 Å². The van der Waals surface area contributed by atoms with Crippen molar-refractivity contribution in [3.63, 3.8) is 0 Å². The van der Waals surface area contributed by atoms with Gasteiger partial charge in [0.2, 0.25) is 17.7 Å². The number of ether oxygens (including phenoxy) is 1. The van der Waals surface area contributed by atoms with Gasteiger partial charge in [-0.05, 0) is 61.6 Å². The predicted molar refractivity (Wildman–Crippen MR) is 191 cm³/mol. The number of likely N-dealkylation sites (tertiary alicyclic amines) is 1. The lowest BCUT2D eigenvalue weighted by Crippen LogP contribution is -2.60. The first-order chi connectivity index (χ1) is 23.6. The molecule has 3 amide bonds. The SMILES string of the molecule is C=CCN(Cn1nnc2ccccc21)C(=O)C1N([C@@H](CO)C(C)C)C(=O)[C@@H]2[C@H](C(=O)N(CC=C)c3ccc(OCC)cc3)[C@@H]3CC(C)C12S3. The number of aliphatic hydroxyl groups excluding tert-OH is 1. The number of nitrogens with zero attached hydrogens (tertiary/aromatic N) is 6. The summed E-state index contributed by atoms with van der Waals surface area (Å²) < 4.78 is 6.43. The van der Waals surface area contributed by atoms with Crippen LogP contribution in [0.25, 0.3) is 11.0 Å². The molecule has 4 heterocycles. The van der Waals surface area contributed by atoms with E-state index in [0.29, 0.717) is 30.0 Å². The molecule has 3 saturated heterocycles. The highest BCUT2D eigenvalue weighted by Crippen LogP contribution is 2.69. The first-order valence-corrected chi connectivity index (χ1v) is 17.9. The van der Waals surface area contributed by atoms with Crippen LogP contribution < -0.4 is 9.64 Å². The Kier molecular flexibility index (Phi) is 9.90. The van der Waals surface area contributed by atoms with E-state index >= 15 is 4.79 Å². The zero-order valence-electron chi connectivity index (χ0n) is 28.6. The Hall–Kier alpha value is -4.16. The van der Waals surface area contributed by atoms with Crippen molar-refractivity contribution in [2.24, 2.45) is 23.7 Å². The number of rotatable bonds is 14. The van der Waals surface area contributed by atoms with E-state index in [9.17, 15) is 14.7 Å². The minimum atomic E-state index is -0.902. The van der Waals surface area contributed by atoms with Crippen molar-refractivity contribution in [3.8, 4) is 5.75 Å². The van der Waals surface area contributed by atoms with Crippen molar-refractivity contribution in [1.29, 1.82) is 0 Å². The highest BCUT2D eigenvalue weighted by molar-refractivity contribution is 8.02. The molecule has 3 fully saturated rings. The molecule has 1 spiro atoms. The highest BCUT2D eigenvalue weighted by Gasteiger charge is 2.77. The second-order valence-electron chi connectivity index (χ2n) is 13.5. The number of para-hydroxylation sites is 1. The zero-order valence-corrected chi connectivity index (χ0v) is 29.5. The topological polar surface area (TPSA) is 121 Å². The molecule has 7 atom stereocenters. The minimum absolute atomic E-state index is 0.0398. The van der Waals surface area contributed by atoms with Crippen molar-refractivity contribution in [1.82, 2.24) is 24.8 Å². The molecule has 11 nitrogen and oxygen atoms in total. The van der Waals surface area contributed by atoms with Gasteiger partial charge in [-0.1, -0.05) is 50.3 Å². The Bertz CT molecular complexity index is 1730. The van der Waals surface area contributed by atoms with E-state index in [1.807, 2.05) is 69.3 Å². The summed E-state index contributed by atoms with van der Waals surface area (Å²) in [6.45, 7) is 16.5. The molecule has 0 radical (unpaired) electrons. The number of carbonyl (C=O) groups excluding carboxylic acids is 3. The van der Waals surface area contributed by atoms with Crippen molar-refractivity contribution in [2.45, 2.75) is 62.9 Å². The van der Waals surface area contributed by atoms with Gasteiger partial charge in [0, 0.05) is 24.0 Å². The van der Waals surface area contributed by atoms with Crippen LogP contribution in [-0.2, 0) is 21.1 Å². The standard InChI is InChI=1S/C37H46N6O5S/c1-7-18-40(22-42-28-13-11-10-12-27(28)38-39-42)36(47)33-37-24(6)20-30(49-37)31(32(37)35(46)43(33)29(21-44)23(4)5)34(45)41(19-8-2)25-14-16-26(17-15-25)48-9-3/h7-8,10-17,23-24,29-33,44H,1-2,9,18-22H2,3-6H3/t24?,29-,30-,31+,32-,33?,37?/m0/s1. The highest BCUT2D eigenvalue weighted by atomic mass is 32.2. The maximum absolute atomic E-state index is 15.1. The summed E-state index contributed by atoms with van der Waals surface area (Å²) in [7, 11) is 0. The monoisotopic (exact) mass is 686 g/mol. The van der Waals surface area contributed by atoms with Gasteiger partial charge in [0.15, 0.2) is 0 Å². The van der Waals surface area contributed by atoms with Crippen LogP contribution in [0.1, 0.15) is 34.1 Å².